The quantitative estimate of drug-likeness (QED) is 0.0655. The first-order chi connectivity index (χ1) is 36.3. The van der Waals surface area contributed by atoms with Crippen LogP contribution in [0.2, 0.25) is 0 Å². The largest absolute Gasteiger partial charge is 0.476 e. The molecule has 398 valence electrons. The van der Waals surface area contributed by atoms with Crippen LogP contribution in [-0.2, 0) is 44.5 Å². The van der Waals surface area contributed by atoms with E-state index in [0.717, 1.165) is 34.2 Å². The van der Waals surface area contributed by atoms with Gasteiger partial charge in [-0.3, -0.25) is 14.4 Å². The third kappa shape index (κ3) is 10.2. The number of aromatic nitrogens is 5. The van der Waals surface area contributed by atoms with Crippen LogP contribution < -0.4 is 26.0 Å². The van der Waals surface area contributed by atoms with E-state index in [1.54, 1.807) is 47.8 Å². The number of amidine groups is 1. The van der Waals surface area contributed by atoms with Gasteiger partial charge in [-0.25, -0.2) is 42.5 Å². The van der Waals surface area contributed by atoms with Gasteiger partial charge in [-0.1, -0.05) is 38.1 Å². The maximum Gasteiger partial charge on any atom is 0.274 e. The van der Waals surface area contributed by atoms with E-state index in [2.05, 4.69) is 30.9 Å². The zero-order valence-electron chi connectivity index (χ0n) is 42.5. The first-order valence-electron chi connectivity index (χ1n) is 24.8. The highest BCUT2D eigenvalue weighted by Crippen LogP contribution is 2.45. The highest BCUT2D eigenvalue weighted by atomic mass is 32.2. The average Bonchev–Trinajstić information content (AvgIpc) is 4.34. The molecule has 8 heterocycles. The fourth-order valence-corrected chi connectivity index (χ4v) is 11.9. The van der Waals surface area contributed by atoms with E-state index in [9.17, 15) is 32.3 Å². The van der Waals surface area contributed by atoms with Crippen LogP contribution in [0.15, 0.2) is 86.9 Å². The van der Waals surface area contributed by atoms with Crippen LogP contribution in [0.3, 0.4) is 0 Å². The van der Waals surface area contributed by atoms with Crippen molar-refractivity contribution in [3.63, 3.8) is 0 Å². The molecule has 1 saturated heterocycles. The number of aliphatic hydroxyl groups excluding tert-OH is 1. The average molecular weight is 1080 g/mol. The van der Waals surface area contributed by atoms with E-state index in [0.29, 0.717) is 64.7 Å². The minimum atomic E-state index is -3.70. The molecule has 7 aromatic rings. The first kappa shape index (κ1) is 52.1. The molecule has 5 aromatic heterocycles. The summed E-state index contributed by atoms with van der Waals surface area (Å²) in [6.45, 7) is 8.13. The molecule has 1 fully saturated rings. The summed E-state index contributed by atoms with van der Waals surface area (Å²) in [6, 6.07) is 12.7. The standard InChI is InChI=1S/C53H56F2N10O9S2/c1-28(2)44(51(68)65-24-35(66)18-41(65)48-60-53(4,74-62-48)33-12-10-30(11-13-33)47-29(3)59-27-75-47)42-20-43(61-73-42)72-15-9-7-8-14-56-50(67)36-19-40-37(16-31(36)26-76(6,70)71)38-25-63(5)52(69)46-45(38)32(21-57-46)23-64(40)49-39(55)17-34(54)22-58-49/h10-13,16-17,19-22,25,27-28,35,41,44,57,66H,7-9,14-15,18,23-24,26H2,1-6H3,(H,56,67)(H,60,62)/t35-,41-,44?,53-/m1/s1. The van der Waals surface area contributed by atoms with Crippen LogP contribution in [0.5, 0.6) is 5.88 Å². The van der Waals surface area contributed by atoms with Gasteiger partial charge < -0.3 is 39.0 Å². The third-order valence-electron chi connectivity index (χ3n) is 14.0. The number of fused-ring (bicyclic) bond motifs is 2. The number of H-pyrrole nitrogens is 1. The Morgan fingerprint density at radius 3 is 2.59 bits per heavy atom. The number of hydroxylamine groups is 1. The molecule has 0 aliphatic carbocycles. The summed E-state index contributed by atoms with van der Waals surface area (Å²) in [5.41, 5.74) is 8.54. The predicted molar refractivity (Wildman–Crippen MR) is 281 cm³/mol. The number of aliphatic hydroxyl groups is 1. The normalized spacial score (nSPS) is 18.7. The number of rotatable bonds is 17. The molecule has 10 rings (SSSR count). The van der Waals surface area contributed by atoms with Crippen molar-refractivity contribution in [2.75, 3.05) is 30.9 Å². The highest BCUT2D eigenvalue weighted by molar-refractivity contribution is 7.89. The molecule has 3 aliphatic heterocycles. The summed E-state index contributed by atoms with van der Waals surface area (Å²) < 4.78 is 68.5. The number of sulfone groups is 1. The zero-order valence-corrected chi connectivity index (χ0v) is 44.2. The number of hydrogen-bond acceptors (Lipinski definition) is 16. The van der Waals surface area contributed by atoms with Crippen molar-refractivity contribution in [2.24, 2.45) is 18.0 Å². The lowest BCUT2D eigenvalue weighted by Gasteiger charge is -2.28. The van der Waals surface area contributed by atoms with E-state index in [1.807, 2.05) is 57.5 Å². The molecule has 1 unspecified atom stereocenters. The van der Waals surface area contributed by atoms with Crippen molar-refractivity contribution in [3.8, 4) is 27.4 Å². The smallest absolute Gasteiger partial charge is 0.274 e. The molecule has 4 atom stereocenters. The molecule has 0 saturated carbocycles. The summed E-state index contributed by atoms with van der Waals surface area (Å²) in [6.07, 6.45) is 6.33. The summed E-state index contributed by atoms with van der Waals surface area (Å²) >= 11 is 1.57. The Morgan fingerprint density at radius 2 is 1.87 bits per heavy atom. The molecule has 0 bridgehead atoms. The van der Waals surface area contributed by atoms with Crippen molar-refractivity contribution in [1.82, 2.24) is 40.4 Å². The van der Waals surface area contributed by atoms with Gasteiger partial charge in [-0.15, -0.1) is 11.3 Å². The van der Waals surface area contributed by atoms with Crippen molar-refractivity contribution in [3.05, 3.63) is 128 Å². The van der Waals surface area contributed by atoms with Gasteiger partial charge in [0.15, 0.2) is 27.2 Å². The predicted octanol–water partition coefficient (Wildman–Crippen LogP) is 7.31. The second-order valence-corrected chi connectivity index (χ2v) is 23.0. The van der Waals surface area contributed by atoms with Crippen molar-refractivity contribution < 1.29 is 46.0 Å². The van der Waals surface area contributed by atoms with Gasteiger partial charge in [0.25, 0.3) is 17.3 Å². The number of thiazole rings is 1. The zero-order chi connectivity index (χ0) is 53.8. The number of aromatic amines is 1. The number of aliphatic imine (C=N–C) groups is 1. The fourth-order valence-electron chi connectivity index (χ4n) is 10.3. The topological polar surface area (TPSA) is 239 Å². The molecule has 23 heteroatoms. The number of aryl methyl sites for hydroxylation is 2. The van der Waals surface area contributed by atoms with Crippen LogP contribution in [-0.4, -0.2) is 98.8 Å². The van der Waals surface area contributed by atoms with Crippen LogP contribution in [0.25, 0.3) is 32.5 Å². The van der Waals surface area contributed by atoms with Gasteiger partial charge in [0.1, 0.15) is 23.1 Å². The van der Waals surface area contributed by atoms with E-state index >= 15 is 4.39 Å². The van der Waals surface area contributed by atoms with Crippen LogP contribution in [0, 0.1) is 24.5 Å². The summed E-state index contributed by atoms with van der Waals surface area (Å²) in [5.74, 6) is -3.46. The fraction of sp³-hybridized carbons (Fsp3) is 0.377. The number of anilines is 2. The molecule has 2 amide bonds. The van der Waals surface area contributed by atoms with E-state index in [1.165, 1.54) is 15.5 Å². The van der Waals surface area contributed by atoms with E-state index in [4.69, 9.17) is 19.1 Å². The van der Waals surface area contributed by atoms with Gasteiger partial charge in [-0.05, 0) is 73.0 Å². The van der Waals surface area contributed by atoms with Crippen molar-refractivity contribution in [2.45, 2.75) is 89.5 Å². The number of likely N-dealkylation sites (tertiary alicyclic amines) is 1. The first-order valence-corrected chi connectivity index (χ1v) is 27.7. The Labute approximate surface area is 439 Å². The molecular weight excluding hydrogens is 1020 g/mol. The van der Waals surface area contributed by atoms with Crippen molar-refractivity contribution >= 4 is 61.2 Å². The third-order valence-corrected chi connectivity index (χ3v) is 15.8. The SMILES string of the molecule is Cc1ncsc1-c1ccc([C@]2(C)N=C([C@H]3C[C@@H](O)CN3C(=O)C(c3cc(OCCCCCNC(=O)c4cc5c(cc4CS(C)(=O)=O)-c4cn(C)c(=O)c6[nH]cc(c46)CN5c4ncc(F)cc4F)no3)C(C)C)NO2)cc1. The second-order valence-electron chi connectivity index (χ2n) is 20.0. The summed E-state index contributed by atoms with van der Waals surface area (Å²) in [5, 5.41) is 18.4. The number of β-amino-alcohol motifs (C(OH)–C–C–N with tert-alkyl or cyclic N) is 1. The lowest BCUT2D eigenvalue weighted by Crippen LogP contribution is -2.46. The minimum Gasteiger partial charge on any atom is -0.476 e. The molecule has 4 N–H and O–H groups in total. The van der Waals surface area contributed by atoms with Gasteiger partial charge >= 0.3 is 0 Å². The molecule has 2 aromatic carbocycles. The summed E-state index contributed by atoms with van der Waals surface area (Å²) in [4.78, 5) is 68.3. The second kappa shape index (κ2) is 20.7. The summed E-state index contributed by atoms with van der Waals surface area (Å²) in [7, 11) is -2.12. The Kier molecular flexibility index (Phi) is 14.2. The van der Waals surface area contributed by atoms with Gasteiger partial charge in [0, 0.05) is 85.0 Å². The van der Waals surface area contributed by atoms with Crippen molar-refractivity contribution in [1.29, 1.82) is 0 Å². The Balaban J connectivity index is 0.778. The van der Waals surface area contributed by atoms with Crippen LogP contribution >= 0.6 is 11.3 Å². The molecule has 76 heavy (non-hydrogen) atoms. The highest BCUT2D eigenvalue weighted by Gasteiger charge is 2.46. The number of hydrogen-bond donors (Lipinski definition) is 4. The molecular formula is C53H56F2N10O9S2. The number of pyridine rings is 2. The number of nitrogens with zero attached hydrogens (tertiary/aromatic N) is 7. The number of unbranched alkanes of at least 4 members (excludes halogenated alkanes) is 2. The lowest BCUT2D eigenvalue weighted by molar-refractivity contribution is -0.134. The van der Waals surface area contributed by atoms with Crippen LogP contribution in [0.1, 0.15) is 90.9 Å². The molecule has 0 radical (unpaired) electrons. The number of halogens is 2. The maximum absolute atomic E-state index is 15.6. The van der Waals surface area contributed by atoms with Gasteiger partial charge in [-0.2, -0.15) is 0 Å². The number of ether oxygens (including phenoxy) is 1. The molecule has 3 aliphatic rings. The number of amides is 2. The molecule has 19 nitrogen and oxygen atoms in total. The van der Waals surface area contributed by atoms with E-state index in [-0.39, 0.29) is 78.4 Å². The molecule has 0 spiro atoms. The monoisotopic (exact) mass is 1080 g/mol. The van der Waals surface area contributed by atoms with Crippen LogP contribution in [0.4, 0.5) is 20.3 Å². The number of carbonyl (C=O) groups is 2. The Bertz CT molecular complexity index is 3590. The number of benzene rings is 2. The van der Waals surface area contributed by atoms with Gasteiger partial charge in [0.05, 0.1) is 59.0 Å². The van der Waals surface area contributed by atoms with Gasteiger partial charge in [0.2, 0.25) is 11.6 Å². The number of nitrogens with one attached hydrogen (secondary N) is 3. The number of carbonyl (C=O) groups excluding carboxylic acids is 2. The van der Waals surface area contributed by atoms with E-state index < -0.39 is 56.9 Å². The maximum atomic E-state index is 15.6. The Hall–Kier alpha value is -7.34. The minimum absolute atomic E-state index is 0.0235. The lowest BCUT2D eigenvalue weighted by atomic mass is 9.91. The Morgan fingerprint density at radius 1 is 1.08 bits per heavy atom.